The van der Waals surface area contributed by atoms with Gasteiger partial charge >= 0.3 is 0 Å². The Bertz CT molecular complexity index is 992. The molecule has 9 heteroatoms. The SMILES string of the molecule is COc1cc(/C=C2\C(=O)NC(=S)N(c3ccc(Cl)cc3)C2=O)cc(Br)c1O. The number of halogens is 2. The molecular weight excluding hydrogens is 456 g/mol. The molecule has 2 amide bonds. The van der Waals surface area contributed by atoms with E-state index in [9.17, 15) is 14.7 Å². The number of rotatable bonds is 3. The van der Waals surface area contributed by atoms with Gasteiger partial charge in [-0.15, -0.1) is 0 Å². The summed E-state index contributed by atoms with van der Waals surface area (Å²) in [5.41, 5.74) is 0.849. The van der Waals surface area contributed by atoms with E-state index in [0.717, 1.165) is 0 Å². The third kappa shape index (κ3) is 3.83. The monoisotopic (exact) mass is 466 g/mol. The van der Waals surface area contributed by atoms with Crippen LogP contribution in [-0.4, -0.2) is 29.1 Å². The molecule has 2 aromatic rings. The van der Waals surface area contributed by atoms with Gasteiger partial charge in [-0.3, -0.25) is 19.8 Å². The van der Waals surface area contributed by atoms with Gasteiger partial charge in [-0.2, -0.15) is 0 Å². The summed E-state index contributed by atoms with van der Waals surface area (Å²) in [5, 5.41) is 12.9. The summed E-state index contributed by atoms with van der Waals surface area (Å²) in [5.74, 6) is -1.07. The van der Waals surface area contributed by atoms with E-state index in [0.29, 0.717) is 20.7 Å². The predicted molar refractivity (Wildman–Crippen MR) is 110 cm³/mol. The number of methoxy groups -OCH3 is 1. The number of hydrogen-bond donors (Lipinski definition) is 2. The van der Waals surface area contributed by atoms with Crippen LogP contribution >= 0.6 is 39.7 Å². The van der Waals surface area contributed by atoms with E-state index in [2.05, 4.69) is 21.2 Å². The number of nitrogens with one attached hydrogen (secondary N) is 1. The van der Waals surface area contributed by atoms with Gasteiger partial charge < -0.3 is 9.84 Å². The zero-order valence-electron chi connectivity index (χ0n) is 13.8. The Morgan fingerprint density at radius 3 is 2.56 bits per heavy atom. The maximum absolute atomic E-state index is 12.9. The molecule has 2 aromatic carbocycles. The van der Waals surface area contributed by atoms with Crippen molar-refractivity contribution in [1.82, 2.24) is 5.32 Å². The van der Waals surface area contributed by atoms with E-state index in [1.807, 2.05) is 0 Å². The van der Waals surface area contributed by atoms with Gasteiger partial charge in [0.1, 0.15) is 5.57 Å². The molecule has 138 valence electrons. The number of hydrogen-bond acceptors (Lipinski definition) is 5. The Morgan fingerprint density at radius 2 is 1.93 bits per heavy atom. The summed E-state index contributed by atoms with van der Waals surface area (Å²) in [6.07, 6.45) is 1.40. The highest BCUT2D eigenvalue weighted by Crippen LogP contribution is 2.36. The van der Waals surface area contributed by atoms with Crippen LogP contribution in [0.4, 0.5) is 5.69 Å². The van der Waals surface area contributed by atoms with Crippen LogP contribution < -0.4 is 15.0 Å². The Morgan fingerprint density at radius 1 is 1.26 bits per heavy atom. The van der Waals surface area contributed by atoms with E-state index >= 15 is 0 Å². The third-order valence-corrected chi connectivity index (χ3v) is 4.91. The van der Waals surface area contributed by atoms with E-state index in [-0.39, 0.29) is 22.2 Å². The minimum atomic E-state index is -0.613. The lowest BCUT2D eigenvalue weighted by atomic mass is 10.1. The summed E-state index contributed by atoms with van der Waals surface area (Å²) in [6.45, 7) is 0. The molecule has 0 saturated carbocycles. The van der Waals surface area contributed by atoms with Crippen LogP contribution in [0.1, 0.15) is 5.56 Å². The topological polar surface area (TPSA) is 78.9 Å². The van der Waals surface area contributed by atoms with Crippen LogP contribution in [0.25, 0.3) is 6.08 Å². The maximum Gasteiger partial charge on any atom is 0.270 e. The van der Waals surface area contributed by atoms with Crippen molar-refractivity contribution in [1.29, 1.82) is 0 Å². The first-order valence-electron chi connectivity index (χ1n) is 7.55. The quantitative estimate of drug-likeness (QED) is 0.409. The van der Waals surface area contributed by atoms with Crippen molar-refractivity contribution >= 4 is 68.4 Å². The molecule has 27 heavy (non-hydrogen) atoms. The second-order valence-electron chi connectivity index (χ2n) is 5.49. The highest BCUT2D eigenvalue weighted by atomic mass is 79.9. The molecule has 1 fully saturated rings. The second kappa shape index (κ2) is 7.67. The largest absolute Gasteiger partial charge is 0.503 e. The first-order chi connectivity index (χ1) is 12.8. The minimum Gasteiger partial charge on any atom is -0.503 e. The molecule has 0 aliphatic carbocycles. The van der Waals surface area contributed by atoms with Crippen molar-refractivity contribution in [3.8, 4) is 11.5 Å². The van der Waals surface area contributed by atoms with Gasteiger partial charge in [0.05, 0.1) is 17.3 Å². The molecule has 1 heterocycles. The number of phenols is 1. The minimum absolute atomic E-state index is 0.0195. The highest BCUT2D eigenvalue weighted by Gasteiger charge is 2.34. The first kappa shape index (κ1) is 19.3. The molecule has 0 aromatic heterocycles. The molecule has 6 nitrogen and oxygen atoms in total. The molecule has 0 radical (unpaired) electrons. The van der Waals surface area contributed by atoms with Crippen molar-refractivity contribution in [3.05, 3.63) is 57.0 Å². The van der Waals surface area contributed by atoms with E-state index in [1.165, 1.54) is 24.2 Å². The summed E-state index contributed by atoms with van der Waals surface area (Å²) >= 11 is 14.2. The lowest BCUT2D eigenvalue weighted by molar-refractivity contribution is -0.122. The zero-order chi connectivity index (χ0) is 19.7. The fourth-order valence-electron chi connectivity index (χ4n) is 2.48. The fourth-order valence-corrected chi connectivity index (χ4v) is 3.35. The summed E-state index contributed by atoms with van der Waals surface area (Å²) in [6, 6.07) is 9.56. The van der Waals surface area contributed by atoms with Crippen LogP contribution in [0.15, 0.2) is 46.4 Å². The summed E-state index contributed by atoms with van der Waals surface area (Å²) < 4.78 is 5.45. The Balaban J connectivity index is 2.04. The lowest BCUT2D eigenvalue weighted by Gasteiger charge is -2.29. The average Bonchev–Trinajstić information content (AvgIpc) is 2.62. The highest BCUT2D eigenvalue weighted by molar-refractivity contribution is 9.10. The Hall–Kier alpha value is -2.42. The van der Waals surface area contributed by atoms with Gasteiger partial charge in [0.15, 0.2) is 16.6 Å². The van der Waals surface area contributed by atoms with Gasteiger partial charge in [0.25, 0.3) is 11.8 Å². The first-order valence-corrected chi connectivity index (χ1v) is 9.13. The number of anilines is 1. The molecule has 0 atom stereocenters. The Kier molecular flexibility index (Phi) is 5.50. The third-order valence-electron chi connectivity index (χ3n) is 3.77. The Labute approximate surface area is 173 Å². The van der Waals surface area contributed by atoms with Crippen molar-refractivity contribution in [3.63, 3.8) is 0 Å². The van der Waals surface area contributed by atoms with Gasteiger partial charge in [-0.1, -0.05) is 11.6 Å². The number of amides is 2. The summed E-state index contributed by atoms with van der Waals surface area (Å²) in [4.78, 5) is 26.5. The van der Waals surface area contributed by atoms with E-state index in [4.69, 9.17) is 28.6 Å². The van der Waals surface area contributed by atoms with Gasteiger partial charge in [-0.05, 0) is 76.2 Å². The van der Waals surface area contributed by atoms with Crippen LogP contribution in [0, 0.1) is 0 Å². The number of phenolic OH excluding ortho intramolecular Hbond substituents is 1. The predicted octanol–water partition coefficient (Wildman–Crippen LogP) is 3.65. The lowest BCUT2D eigenvalue weighted by Crippen LogP contribution is -2.54. The molecular formula is C18H12BrClN2O4S. The van der Waals surface area contributed by atoms with Crippen molar-refractivity contribution < 1.29 is 19.4 Å². The van der Waals surface area contributed by atoms with Gasteiger partial charge in [0.2, 0.25) is 0 Å². The van der Waals surface area contributed by atoms with Crippen LogP contribution in [0.2, 0.25) is 5.02 Å². The molecule has 2 N–H and O–H groups in total. The van der Waals surface area contributed by atoms with Crippen molar-refractivity contribution in [2.75, 3.05) is 12.0 Å². The van der Waals surface area contributed by atoms with E-state index in [1.54, 1.807) is 30.3 Å². The maximum atomic E-state index is 12.9. The normalized spacial score (nSPS) is 15.9. The molecule has 0 spiro atoms. The van der Waals surface area contributed by atoms with Crippen molar-refractivity contribution in [2.45, 2.75) is 0 Å². The van der Waals surface area contributed by atoms with E-state index < -0.39 is 11.8 Å². The molecule has 1 aliphatic heterocycles. The molecule has 1 aliphatic rings. The van der Waals surface area contributed by atoms with Crippen LogP contribution in [0.3, 0.4) is 0 Å². The number of carbonyl (C=O) groups is 2. The molecule has 0 bridgehead atoms. The number of ether oxygens (including phenoxy) is 1. The van der Waals surface area contributed by atoms with Gasteiger partial charge in [-0.25, -0.2) is 0 Å². The molecule has 3 rings (SSSR count). The fraction of sp³-hybridized carbons (Fsp3) is 0.0556. The average molecular weight is 468 g/mol. The number of carbonyl (C=O) groups excluding carboxylic acids is 2. The van der Waals surface area contributed by atoms with Crippen molar-refractivity contribution in [2.24, 2.45) is 0 Å². The smallest absolute Gasteiger partial charge is 0.270 e. The van der Waals surface area contributed by atoms with Crippen LogP contribution in [-0.2, 0) is 9.59 Å². The molecule has 1 saturated heterocycles. The number of thiocarbonyl (C=S) groups is 1. The molecule has 0 unspecified atom stereocenters. The number of aromatic hydroxyl groups is 1. The summed E-state index contributed by atoms with van der Waals surface area (Å²) in [7, 11) is 1.40. The second-order valence-corrected chi connectivity index (χ2v) is 7.17. The van der Waals surface area contributed by atoms with Crippen LogP contribution in [0.5, 0.6) is 11.5 Å². The standard InChI is InChI=1S/C18H12BrClN2O4S/c1-26-14-8-9(7-13(19)15(14)23)6-12-16(24)21-18(27)22(17(12)25)11-4-2-10(20)3-5-11/h2-8,23H,1H3,(H,21,24,27)/b12-6+. The van der Waals surface area contributed by atoms with Gasteiger partial charge in [0, 0.05) is 5.02 Å². The number of benzene rings is 2. The zero-order valence-corrected chi connectivity index (χ0v) is 17.0. The number of nitrogens with zero attached hydrogens (tertiary/aromatic N) is 1.